The van der Waals surface area contributed by atoms with Gasteiger partial charge in [-0.15, -0.1) is 0 Å². The van der Waals surface area contributed by atoms with Gasteiger partial charge >= 0.3 is 0 Å². The van der Waals surface area contributed by atoms with Crippen molar-refractivity contribution in [1.29, 1.82) is 0 Å². The Hall–Kier alpha value is -1.64. The van der Waals surface area contributed by atoms with Crippen LogP contribution in [0.3, 0.4) is 0 Å². The van der Waals surface area contributed by atoms with Crippen molar-refractivity contribution in [1.82, 2.24) is 4.90 Å². The molecule has 2 heterocycles. The molecule has 2 aromatic carbocycles. The predicted octanol–water partition coefficient (Wildman–Crippen LogP) is 3.93. The molecule has 4 rings (SSSR count). The molecular weight excluding hydrogens is 498 g/mol. The van der Waals surface area contributed by atoms with Gasteiger partial charge in [-0.05, 0) is 103 Å². The van der Waals surface area contributed by atoms with Crippen molar-refractivity contribution in [3.05, 3.63) is 57.6 Å². The molecule has 34 heavy (non-hydrogen) atoms. The molecule has 2 aliphatic heterocycles. The highest BCUT2D eigenvalue weighted by atomic mass is 79.9. The Morgan fingerprint density at radius 2 is 1.91 bits per heavy atom. The lowest BCUT2D eigenvalue weighted by Crippen LogP contribution is -2.45. The van der Waals surface area contributed by atoms with Gasteiger partial charge in [-0.3, -0.25) is 0 Å². The summed E-state index contributed by atoms with van der Waals surface area (Å²) in [5.41, 5.74) is 2.72. The standard InChI is InChI=1S/C27H36BrNO5/c1-27(32-2)22-16-19(4-6-24(22)34-18-26(27)31)7-10-29-11-8-20(9-12-29)15-21-3-5-23(28)25(17-21)33-14-13-30/h3-6,16-17,20,26,30-31H,7-15,18H2,1-2H3. The van der Waals surface area contributed by atoms with Crippen LogP contribution in [-0.2, 0) is 23.2 Å². The van der Waals surface area contributed by atoms with Crippen LogP contribution < -0.4 is 9.47 Å². The molecule has 0 saturated carbocycles. The highest BCUT2D eigenvalue weighted by Gasteiger charge is 2.41. The number of likely N-dealkylation sites (tertiary alicyclic amines) is 1. The van der Waals surface area contributed by atoms with E-state index in [-0.39, 0.29) is 13.2 Å². The van der Waals surface area contributed by atoms with Crippen LogP contribution in [0.4, 0.5) is 0 Å². The van der Waals surface area contributed by atoms with E-state index in [0.717, 1.165) is 54.0 Å². The van der Waals surface area contributed by atoms with Gasteiger partial charge in [0.05, 0.1) is 11.1 Å². The monoisotopic (exact) mass is 533 g/mol. The number of hydrogen-bond acceptors (Lipinski definition) is 6. The summed E-state index contributed by atoms with van der Waals surface area (Å²) in [6, 6.07) is 12.6. The molecule has 2 N–H and O–H groups in total. The first kappa shape index (κ1) is 25.5. The van der Waals surface area contributed by atoms with Gasteiger partial charge in [0.25, 0.3) is 0 Å². The lowest BCUT2D eigenvalue weighted by atomic mass is 9.86. The second-order valence-corrected chi connectivity index (χ2v) is 10.4. The minimum Gasteiger partial charge on any atom is -0.490 e. The van der Waals surface area contributed by atoms with Crippen molar-refractivity contribution in [3.8, 4) is 11.5 Å². The van der Waals surface area contributed by atoms with Gasteiger partial charge in [-0.2, -0.15) is 0 Å². The summed E-state index contributed by atoms with van der Waals surface area (Å²) in [5, 5.41) is 19.4. The van der Waals surface area contributed by atoms with Crippen LogP contribution in [0.2, 0.25) is 0 Å². The number of benzene rings is 2. The molecule has 2 aromatic rings. The van der Waals surface area contributed by atoms with Crippen LogP contribution in [-0.4, -0.2) is 67.8 Å². The fourth-order valence-corrected chi connectivity index (χ4v) is 5.34. The SMILES string of the molecule is COC1(C)c2cc(CCN3CCC(Cc4ccc(Br)c(OCCO)c4)CC3)ccc2OCC1O. The highest BCUT2D eigenvalue weighted by Crippen LogP contribution is 2.40. The van der Waals surface area contributed by atoms with Crippen molar-refractivity contribution < 1.29 is 24.4 Å². The quantitative estimate of drug-likeness (QED) is 0.508. The van der Waals surface area contributed by atoms with Crippen LogP contribution in [0.1, 0.15) is 36.5 Å². The van der Waals surface area contributed by atoms with E-state index in [9.17, 15) is 5.11 Å². The summed E-state index contributed by atoms with van der Waals surface area (Å²) in [4.78, 5) is 2.55. The molecule has 2 aliphatic rings. The normalized spacial score (nSPS) is 23.4. The maximum Gasteiger partial charge on any atom is 0.133 e. The lowest BCUT2D eigenvalue weighted by molar-refractivity contribution is -0.122. The van der Waals surface area contributed by atoms with E-state index in [0.29, 0.717) is 12.5 Å². The summed E-state index contributed by atoms with van der Waals surface area (Å²) >= 11 is 3.52. The minimum atomic E-state index is -0.738. The Bertz CT molecular complexity index is 962. The first-order chi connectivity index (χ1) is 16.4. The highest BCUT2D eigenvalue weighted by molar-refractivity contribution is 9.10. The van der Waals surface area contributed by atoms with Gasteiger partial charge in [0, 0.05) is 19.2 Å². The second kappa shape index (κ2) is 11.4. The number of aliphatic hydroxyl groups is 2. The number of nitrogens with zero attached hydrogens (tertiary/aromatic N) is 1. The minimum absolute atomic E-state index is 0.0159. The number of aliphatic hydroxyl groups excluding tert-OH is 2. The van der Waals surface area contributed by atoms with Gasteiger partial charge in [0.15, 0.2) is 0 Å². The largest absolute Gasteiger partial charge is 0.490 e. The van der Waals surface area contributed by atoms with Crippen molar-refractivity contribution in [2.75, 3.05) is 46.6 Å². The van der Waals surface area contributed by atoms with E-state index in [2.05, 4.69) is 45.1 Å². The van der Waals surface area contributed by atoms with E-state index in [4.69, 9.17) is 19.3 Å². The lowest BCUT2D eigenvalue weighted by Gasteiger charge is -2.39. The molecule has 2 atom stereocenters. The molecule has 1 saturated heterocycles. The number of hydrogen-bond donors (Lipinski definition) is 2. The van der Waals surface area contributed by atoms with Gasteiger partial charge < -0.3 is 29.3 Å². The molecule has 2 unspecified atom stereocenters. The van der Waals surface area contributed by atoms with E-state index >= 15 is 0 Å². The molecule has 0 aliphatic carbocycles. The summed E-state index contributed by atoms with van der Waals surface area (Å²) in [7, 11) is 1.65. The van der Waals surface area contributed by atoms with Crippen LogP contribution >= 0.6 is 15.9 Å². The van der Waals surface area contributed by atoms with Gasteiger partial charge in [0.1, 0.15) is 36.4 Å². The summed E-state index contributed by atoms with van der Waals surface area (Å²) in [6.45, 7) is 5.75. The molecule has 6 nitrogen and oxygen atoms in total. The molecule has 1 fully saturated rings. The third kappa shape index (κ3) is 5.77. The Morgan fingerprint density at radius 1 is 1.15 bits per heavy atom. The second-order valence-electron chi connectivity index (χ2n) is 9.54. The molecule has 0 amide bonds. The Balaban J connectivity index is 1.28. The predicted molar refractivity (Wildman–Crippen MR) is 136 cm³/mol. The topological polar surface area (TPSA) is 71.4 Å². The summed E-state index contributed by atoms with van der Waals surface area (Å²) in [6.07, 6.45) is 3.72. The van der Waals surface area contributed by atoms with Crippen molar-refractivity contribution in [2.45, 2.75) is 44.3 Å². The zero-order valence-electron chi connectivity index (χ0n) is 20.1. The number of fused-ring (bicyclic) bond motifs is 1. The third-order valence-electron chi connectivity index (χ3n) is 7.33. The first-order valence-electron chi connectivity index (χ1n) is 12.2. The fraction of sp³-hybridized carbons (Fsp3) is 0.556. The van der Waals surface area contributed by atoms with E-state index in [1.807, 2.05) is 19.1 Å². The molecule has 7 heteroatoms. The maximum atomic E-state index is 10.4. The van der Waals surface area contributed by atoms with Gasteiger partial charge in [-0.25, -0.2) is 0 Å². The Kier molecular flexibility index (Phi) is 8.53. The average molecular weight is 534 g/mol. The summed E-state index contributed by atoms with van der Waals surface area (Å²) in [5.74, 6) is 2.28. The average Bonchev–Trinajstić information content (AvgIpc) is 2.86. The van der Waals surface area contributed by atoms with Gasteiger partial charge in [0.2, 0.25) is 0 Å². The smallest absolute Gasteiger partial charge is 0.133 e. The fourth-order valence-electron chi connectivity index (χ4n) is 4.98. The number of methoxy groups -OCH3 is 1. The number of ether oxygens (including phenoxy) is 3. The molecule has 186 valence electrons. The maximum absolute atomic E-state index is 10.4. The number of rotatable bonds is 9. The molecular formula is C27H36BrNO5. The number of piperidine rings is 1. The third-order valence-corrected chi connectivity index (χ3v) is 7.98. The molecule has 0 bridgehead atoms. The van der Waals surface area contributed by atoms with Crippen molar-refractivity contribution in [2.24, 2.45) is 5.92 Å². The van der Waals surface area contributed by atoms with Crippen molar-refractivity contribution in [3.63, 3.8) is 0 Å². The molecule has 0 radical (unpaired) electrons. The van der Waals surface area contributed by atoms with E-state index < -0.39 is 11.7 Å². The van der Waals surface area contributed by atoms with Crippen LogP contribution in [0.25, 0.3) is 0 Å². The molecule has 0 aromatic heterocycles. The van der Waals surface area contributed by atoms with E-state index in [1.165, 1.54) is 24.0 Å². The van der Waals surface area contributed by atoms with Crippen LogP contribution in [0, 0.1) is 5.92 Å². The summed E-state index contributed by atoms with van der Waals surface area (Å²) < 4.78 is 18.0. The zero-order valence-corrected chi connectivity index (χ0v) is 21.7. The zero-order chi connectivity index (χ0) is 24.1. The van der Waals surface area contributed by atoms with Crippen LogP contribution in [0.5, 0.6) is 11.5 Å². The Labute approximate surface area is 211 Å². The number of halogens is 1. The van der Waals surface area contributed by atoms with Crippen LogP contribution in [0.15, 0.2) is 40.9 Å². The van der Waals surface area contributed by atoms with Gasteiger partial charge in [-0.1, -0.05) is 12.1 Å². The first-order valence-corrected chi connectivity index (χ1v) is 13.0. The van der Waals surface area contributed by atoms with E-state index in [1.54, 1.807) is 7.11 Å². The Morgan fingerprint density at radius 3 is 2.65 bits per heavy atom. The van der Waals surface area contributed by atoms with Crippen molar-refractivity contribution >= 4 is 15.9 Å². The molecule has 0 spiro atoms.